The maximum absolute atomic E-state index is 8.75. The van der Waals surface area contributed by atoms with E-state index in [1.165, 1.54) is 12.8 Å². The van der Waals surface area contributed by atoms with E-state index in [1.807, 2.05) is 12.1 Å². The smallest absolute Gasteiger partial charge is 0.140 e. The minimum Gasteiger partial charge on any atom is -0.372 e. The Morgan fingerprint density at radius 3 is 3.06 bits per heavy atom. The maximum atomic E-state index is 8.75. The van der Waals surface area contributed by atoms with Crippen LogP contribution in [-0.4, -0.2) is 17.1 Å². The van der Waals surface area contributed by atoms with Crippen LogP contribution in [0.1, 0.15) is 36.9 Å². The van der Waals surface area contributed by atoms with Gasteiger partial charge in [-0.05, 0) is 30.5 Å². The van der Waals surface area contributed by atoms with Crippen molar-refractivity contribution in [2.24, 2.45) is 5.73 Å². The SMILES string of the molecule is N#Cc1cc(COC2CCCCC2N)ccn1. The minimum absolute atomic E-state index is 0.154. The average molecular weight is 231 g/mol. The number of hydrogen-bond donors (Lipinski definition) is 1. The van der Waals surface area contributed by atoms with Crippen molar-refractivity contribution in [3.05, 3.63) is 29.6 Å². The lowest BCUT2D eigenvalue weighted by atomic mass is 9.93. The molecule has 0 bridgehead atoms. The van der Waals surface area contributed by atoms with Crippen LogP contribution in [-0.2, 0) is 11.3 Å². The number of ether oxygens (including phenoxy) is 1. The van der Waals surface area contributed by atoms with Gasteiger partial charge in [-0.1, -0.05) is 12.8 Å². The summed E-state index contributed by atoms with van der Waals surface area (Å²) in [4.78, 5) is 3.93. The fourth-order valence-electron chi connectivity index (χ4n) is 2.16. The van der Waals surface area contributed by atoms with Crippen molar-refractivity contribution in [3.63, 3.8) is 0 Å². The summed E-state index contributed by atoms with van der Waals surface area (Å²) in [6, 6.07) is 5.80. The Labute approximate surface area is 101 Å². The molecule has 0 spiro atoms. The van der Waals surface area contributed by atoms with Gasteiger partial charge in [-0.25, -0.2) is 4.98 Å². The maximum Gasteiger partial charge on any atom is 0.140 e. The van der Waals surface area contributed by atoms with Gasteiger partial charge in [0.05, 0.1) is 12.7 Å². The molecule has 0 radical (unpaired) electrons. The summed E-state index contributed by atoms with van der Waals surface area (Å²) < 4.78 is 5.82. The lowest BCUT2D eigenvalue weighted by Gasteiger charge is -2.28. The lowest BCUT2D eigenvalue weighted by Crippen LogP contribution is -2.39. The second-order valence-electron chi connectivity index (χ2n) is 4.46. The van der Waals surface area contributed by atoms with Gasteiger partial charge in [-0.15, -0.1) is 0 Å². The molecule has 2 rings (SSSR count). The fraction of sp³-hybridized carbons (Fsp3) is 0.538. The normalized spacial score (nSPS) is 24.2. The molecule has 1 aromatic rings. The van der Waals surface area contributed by atoms with Gasteiger partial charge in [0, 0.05) is 12.2 Å². The largest absolute Gasteiger partial charge is 0.372 e. The van der Waals surface area contributed by atoms with Gasteiger partial charge in [0.15, 0.2) is 0 Å². The van der Waals surface area contributed by atoms with E-state index in [0.717, 1.165) is 18.4 Å². The van der Waals surface area contributed by atoms with Crippen molar-refractivity contribution in [2.75, 3.05) is 0 Å². The first kappa shape index (κ1) is 12.0. The van der Waals surface area contributed by atoms with E-state index < -0.39 is 0 Å². The van der Waals surface area contributed by atoms with Crippen LogP contribution in [0.15, 0.2) is 18.3 Å². The van der Waals surface area contributed by atoms with Gasteiger partial charge >= 0.3 is 0 Å². The second kappa shape index (κ2) is 5.76. The van der Waals surface area contributed by atoms with Gasteiger partial charge in [0.25, 0.3) is 0 Å². The van der Waals surface area contributed by atoms with E-state index >= 15 is 0 Å². The molecule has 1 saturated carbocycles. The highest BCUT2D eigenvalue weighted by atomic mass is 16.5. The van der Waals surface area contributed by atoms with Crippen LogP contribution < -0.4 is 5.73 Å². The predicted octanol–water partition coefficient (Wildman–Crippen LogP) is 1.74. The second-order valence-corrected chi connectivity index (χ2v) is 4.46. The highest BCUT2D eigenvalue weighted by molar-refractivity contribution is 5.24. The Kier molecular flexibility index (Phi) is 4.08. The standard InChI is InChI=1S/C13H17N3O/c14-8-11-7-10(5-6-16-11)9-17-13-4-2-1-3-12(13)15/h5-7,12-13H,1-4,9,15H2. The quantitative estimate of drug-likeness (QED) is 0.860. The fourth-order valence-corrected chi connectivity index (χ4v) is 2.16. The number of nitrogens with zero attached hydrogens (tertiary/aromatic N) is 2. The van der Waals surface area contributed by atoms with Crippen LogP contribution in [0.5, 0.6) is 0 Å². The first-order chi connectivity index (χ1) is 8.29. The van der Waals surface area contributed by atoms with Crippen molar-refractivity contribution in [1.29, 1.82) is 5.26 Å². The third kappa shape index (κ3) is 3.26. The Morgan fingerprint density at radius 2 is 2.29 bits per heavy atom. The molecule has 4 heteroatoms. The third-order valence-electron chi connectivity index (χ3n) is 3.16. The van der Waals surface area contributed by atoms with Crippen molar-refractivity contribution in [2.45, 2.75) is 44.4 Å². The van der Waals surface area contributed by atoms with Gasteiger partial charge < -0.3 is 10.5 Å². The van der Waals surface area contributed by atoms with E-state index in [-0.39, 0.29) is 12.1 Å². The summed E-state index contributed by atoms with van der Waals surface area (Å²) in [6.45, 7) is 0.509. The summed E-state index contributed by atoms with van der Waals surface area (Å²) in [7, 11) is 0. The molecule has 2 atom stereocenters. The molecule has 0 saturated heterocycles. The molecule has 0 aromatic carbocycles. The molecule has 2 unspecified atom stereocenters. The minimum atomic E-state index is 0.154. The molecule has 90 valence electrons. The van der Waals surface area contributed by atoms with Crippen LogP contribution in [0.25, 0.3) is 0 Å². The topological polar surface area (TPSA) is 71.9 Å². The lowest BCUT2D eigenvalue weighted by molar-refractivity contribution is 0.00401. The summed E-state index contributed by atoms with van der Waals surface area (Å²) in [6.07, 6.45) is 6.27. The molecule has 1 heterocycles. The average Bonchev–Trinajstić information content (AvgIpc) is 2.38. The Balaban J connectivity index is 1.90. The van der Waals surface area contributed by atoms with Gasteiger partial charge in [-0.2, -0.15) is 5.26 Å². The van der Waals surface area contributed by atoms with Crippen molar-refractivity contribution < 1.29 is 4.74 Å². The first-order valence-corrected chi connectivity index (χ1v) is 6.02. The zero-order chi connectivity index (χ0) is 12.1. The van der Waals surface area contributed by atoms with Crippen LogP contribution >= 0.6 is 0 Å². The number of aromatic nitrogens is 1. The van der Waals surface area contributed by atoms with E-state index in [0.29, 0.717) is 12.3 Å². The molecule has 0 aliphatic heterocycles. The van der Waals surface area contributed by atoms with Gasteiger partial charge in [0.2, 0.25) is 0 Å². The molecule has 17 heavy (non-hydrogen) atoms. The van der Waals surface area contributed by atoms with E-state index in [1.54, 1.807) is 12.3 Å². The number of hydrogen-bond acceptors (Lipinski definition) is 4. The van der Waals surface area contributed by atoms with Crippen LogP contribution in [0.3, 0.4) is 0 Å². The summed E-state index contributed by atoms with van der Waals surface area (Å²) >= 11 is 0. The number of pyridine rings is 1. The molecular weight excluding hydrogens is 214 g/mol. The van der Waals surface area contributed by atoms with E-state index in [9.17, 15) is 0 Å². The zero-order valence-corrected chi connectivity index (χ0v) is 9.80. The molecule has 1 aliphatic carbocycles. The zero-order valence-electron chi connectivity index (χ0n) is 9.80. The number of nitriles is 1. The summed E-state index contributed by atoms with van der Waals surface area (Å²) in [5.74, 6) is 0. The highest BCUT2D eigenvalue weighted by Gasteiger charge is 2.22. The summed E-state index contributed by atoms with van der Waals surface area (Å²) in [5, 5.41) is 8.75. The monoisotopic (exact) mass is 231 g/mol. The Morgan fingerprint density at radius 1 is 1.47 bits per heavy atom. The van der Waals surface area contributed by atoms with Crippen molar-refractivity contribution >= 4 is 0 Å². The number of rotatable bonds is 3. The molecule has 2 N–H and O–H groups in total. The first-order valence-electron chi connectivity index (χ1n) is 6.02. The Hall–Kier alpha value is -1.44. The molecule has 1 aliphatic rings. The molecule has 0 amide bonds. The Bertz CT molecular complexity index is 413. The molecule has 1 aromatic heterocycles. The third-order valence-corrected chi connectivity index (χ3v) is 3.16. The van der Waals surface area contributed by atoms with Crippen molar-refractivity contribution in [3.8, 4) is 6.07 Å². The van der Waals surface area contributed by atoms with Crippen molar-refractivity contribution in [1.82, 2.24) is 4.98 Å². The van der Waals surface area contributed by atoms with Gasteiger partial charge in [-0.3, -0.25) is 0 Å². The summed E-state index contributed by atoms with van der Waals surface area (Å²) in [5.41, 5.74) is 7.42. The predicted molar refractivity (Wildman–Crippen MR) is 64.0 cm³/mol. The molecule has 1 fully saturated rings. The van der Waals surface area contributed by atoms with Gasteiger partial charge in [0.1, 0.15) is 11.8 Å². The molecular formula is C13H17N3O. The van der Waals surface area contributed by atoms with E-state index in [2.05, 4.69) is 4.98 Å². The van der Waals surface area contributed by atoms with Crippen LogP contribution in [0.4, 0.5) is 0 Å². The van der Waals surface area contributed by atoms with Crippen LogP contribution in [0.2, 0.25) is 0 Å². The molecule has 4 nitrogen and oxygen atoms in total. The van der Waals surface area contributed by atoms with E-state index in [4.69, 9.17) is 15.7 Å². The number of nitrogens with two attached hydrogens (primary N) is 1. The highest BCUT2D eigenvalue weighted by Crippen LogP contribution is 2.20. The van der Waals surface area contributed by atoms with Crippen LogP contribution in [0, 0.1) is 11.3 Å².